The Bertz CT molecular complexity index is 891. The van der Waals surface area contributed by atoms with Gasteiger partial charge in [0.2, 0.25) is 11.9 Å². The van der Waals surface area contributed by atoms with Gasteiger partial charge in [0.05, 0.1) is 12.8 Å². The van der Waals surface area contributed by atoms with E-state index in [4.69, 9.17) is 4.74 Å². The lowest BCUT2D eigenvalue weighted by molar-refractivity contribution is -0.130. The van der Waals surface area contributed by atoms with Crippen LogP contribution in [0.25, 0.3) is 0 Å². The maximum atomic E-state index is 12.9. The topological polar surface area (TPSA) is 87.7 Å². The maximum absolute atomic E-state index is 12.9. The zero-order valence-corrected chi connectivity index (χ0v) is 16.7. The second kappa shape index (κ2) is 8.24. The third-order valence-electron chi connectivity index (χ3n) is 4.69. The number of aromatic nitrogens is 2. The summed E-state index contributed by atoms with van der Waals surface area (Å²) in [6.07, 6.45) is 0. The summed E-state index contributed by atoms with van der Waals surface area (Å²) in [7, 11) is 1.60. The van der Waals surface area contributed by atoms with Gasteiger partial charge in [0.15, 0.2) is 0 Å². The number of rotatable bonds is 4. The molecule has 2 amide bonds. The van der Waals surface area contributed by atoms with Crippen molar-refractivity contribution in [2.75, 3.05) is 38.6 Å². The number of anilines is 2. The van der Waals surface area contributed by atoms with Crippen LogP contribution < -0.4 is 10.1 Å². The molecule has 148 valence electrons. The van der Waals surface area contributed by atoms with E-state index in [9.17, 15) is 9.59 Å². The van der Waals surface area contributed by atoms with Gasteiger partial charge < -0.3 is 19.9 Å². The van der Waals surface area contributed by atoms with Crippen LogP contribution in [0.4, 0.5) is 11.6 Å². The van der Waals surface area contributed by atoms with Gasteiger partial charge in [-0.1, -0.05) is 6.07 Å². The third-order valence-corrected chi connectivity index (χ3v) is 4.69. The zero-order valence-electron chi connectivity index (χ0n) is 16.7. The Labute approximate surface area is 164 Å². The van der Waals surface area contributed by atoms with Gasteiger partial charge in [-0.15, -0.1) is 0 Å². The highest BCUT2D eigenvalue weighted by atomic mass is 16.5. The van der Waals surface area contributed by atoms with Gasteiger partial charge in [-0.05, 0) is 37.6 Å². The van der Waals surface area contributed by atoms with Crippen LogP contribution in [0.1, 0.15) is 28.7 Å². The fourth-order valence-corrected chi connectivity index (χ4v) is 3.16. The third kappa shape index (κ3) is 4.39. The van der Waals surface area contributed by atoms with Crippen LogP contribution >= 0.6 is 0 Å². The second-order valence-electron chi connectivity index (χ2n) is 6.85. The number of aryl methyl sites for hydroxylation is 2. The van der Waals surface area contributed by atoms with Crippen molar-refractivity contribution in [3.8, 4) is 5.75 Å². The minimum absolute atomic E-state index is 0.0311. The number of hydrogen-bond acceptors (Lipinski definition) is 6. The van der Waals surface area contributed by atoms with Gasteiger partial charge in [0.1, 0.15) is 11.4 Å². The summed E-state index contributed by atoms with van der Waals surface area (Å²) in [4.78, 5) is 36.6. The average Bonchev–Trinajstić information content (AvgIpc) is 2.67. The summed E-state index contributed by atoms with van der Waals surface area (Å²) in [5.74, 6) is 0.884. The van der Waals surface area contributed by atoms with Crippen molar-refractivity contribution in [3.05, 3.63) is 41.2 Å². The number of hydrogen-bond donors (Lipinski definition) is 1. The van der Waals surface area contributed by atoms with E-state index < -0.39 is 0 Å². The van der Waals surface area contributed by atoms with E-state index in [1.165, 1.54) is 0 Å². The number of ether oxygens (including phenoxy) is 1. The van der Waals surface area contributed by atoms with Crippen LogP contribution in [-0.4, -0.2) is 64.9 Å². The summed E-state index contributed by atoms with van der Waals surface area (Å²) in [6, 6.07) is 7.44. The van der Waals surface area contributed by atoms with Crippen molar-refractivity contribution in [1.82, 2.24) is 19.8 Å². The van der Waals surface area contributed by atoms with Gasteiger partial charge in [0.25, 0.3) is 5.91 Å². The molecule has 1 N–H and O–H groups in total. The SMILES string of the molecule is COc1ccc(C)cc1Nc1nc(C)cc(C(=O)N2CCN(C(C)=O)CC2)n1. The number of carbonyl (C=O) groups excluding carboxylic acids is 2. The Morgan fingerprint density at radius 2 is 1.71 bits per heavy atom. The smallest absolute Gasteiger partial charge is 0.272 e. The maximum Gasteiger partial charge on any atom is 0.272 e. The Morgan fingerprint density at radius 1 is 1.04 bits per heavy atom. The zero-order chi connectivity index (χ0) is 20.3. The van der Waals surface area contributed by atoms with E-state index in [1.54, 1.807) is 29.9 Å². The van der Waals surface area contributed by atoms with E-state index in [0.29, 0.717) is 49.3 Å². The molecule has 0 atom stereocenters. The standard InChI is InChI=1S/C20H25N5O3/c1-13-5-6-18(28-4)16(11-13)22-20-21-14(2)12-17(23-20)19(27)25-9-7-24(8-10-25)15(3)26/h5-6,11-12H,7-10H2,1-4H3,(H,21,22,23). The van der Waals surface area contributed by atoms with E-state index in [2.05, 4.69) is 15.3 Å². The Morgan fingerprint density at radius 3 is 2.36 bits per heavy atom. The molecule has 1 aliphatic rings. The molecule has 0 aliphatic carbocycles. The molecule has 8 heteroatoms. The van der Waals surface area contributed by atoms with Crippen LogP contribution in [0.3, 0.4) is 0 Å². The van der Waals surface area contributed by atoms with E-state index in [1.807, 2.05) is 32.0 Å². The fraction of sp³-hybridized carbons (Fsp3) is 0.400. The number of nitrogens with zero attached hydrogens (tertiary/aromatic N) is 4. The quantitative estimate of drug-likeness (QED) is 0.870. The first kappa shape index (κ1) is 19.6. The van der Waals surface area contributed by atoms with Crippen molar-refractivity contribution in [1.29, 1.82) is 0 Å². The number of benzene rings is 1. The van der Waals surface area contributed by atoms with Crippen LogP contribution in [0.5, 0.6) is 5.75 Å². The normalized spacial score (nSPS) is 14.0. The Kier molecular flexibility index (Phi) is 5.77. The number of methoxy groups -OCH3 is 1. The van der Waals surface area contributed by atoms with Crippen molar-refractivity contribution < 1.29 is 14.3 Å². The average molecular weight is 383 g/mol. The monoisotopic (exact) mass is 383 g/mol. The van der Waals surface area contributed by atoms with Crippen molar-refractivity contribution in [3.63, 3.8) is 0 Å². The van der Waals surface area contributed by atoms with Crippen LogP contribution in [0, 0.1) is 13.8 Å². The highest BCUT2D eigenvalue weighted by Gasteiger charge is 2.24. The highest BCUT2D eigenvalue weighted by molar-refractivity contribution is 5.93. The minimum Gasteiger partial charge on any atom is -0.495 e. The molecule has 2 aromatic rings. The molecule has 28 heavy (non-hydrogen) atoms. The van der Waals surface area contributed by atoms with Crippen molar-refractivity contribution >= 4 is 23.5 Å². The van der Waals surface area contributed by atoms with Gasteiger partial charge in [0, 0.05) is 38.8 Å². The molecule has 0 bridgehead atoms. The summed E-state index contributed by atoms with van der Waals surface area (Å²) < 4.78 is 5.38. The second-order valence-corrected chi connectivity index (χ2v) is 6.85. The molecular weight excluding hydrogens is 358 g/mol. The molecule has 0 radical (unpaired) electrons. The summed E-state index contributed by atoms with van der Waals surface area (Å²) in [5.41, 5.74) is 2.82. The Hall–Kier alpha value is -3.16. The number of amides is 2. The van der Waals surface area contributed by atoms with Gasteiger partial charge in [-0.25, -0.2) is 9.97 Å². The lowest BCUT2D eigenvalue weighted by Gasteiger charge is -2.34. The molecule has 1 fully saturated rings. The molecule has 0 spiro atoms. The molecule has 1 saturated heterocycles. The predicted octanol–water partition coefficient (Wildman–Crippen LogP) is 2.15. The highest BCUT2D eigenvalue weighted by Crippen LogP contribution is 2.27. The van der Waals surface area contributed by atoms with E-state index in [-0.39, 0.29) is 11.8 Å². The molecule has 1 aliphatic heterocycles. The number of carbonyl (C=O) groups is 2. The largest absolute Gasteiger partial charge is 0.495 e. The summed E-state index contributed by atoms with van der Waals surface area (Å²) >= 11 is 0. The van der Waals surface area contributed by atoms with Crippen LogP contribution in [0.15, 0.2) is 24.3 Å². The van der Waals surface area contributed by atoms with Gasteiger partial charge in [-0.3, -0.25) is 9.59 Å². The number of nitrogens with one attached hydrogen (secondary N) is 1. The Balaban J connectivity index is 1.79. The van der Waals surface area contributed by atoms with E-state index >= 15 is 0 Å². The van der Waals surface area contributed by atoms with Crippen molar-refractivity contribution in [2.24, 2.45) is 0 Å². The molecule has 1 aromatic heterocycles. The summed E-state index contributed by atoms with van der Waals surface area (Å²) in [6.45, 7) is 7.42. The molecule has 1 aromatic carbocycles. The molecule has 0 saturated carbocycles. The molecule has 0 unspecified atom stereocenters. The molecule has 2 heterocycles. The van der Waals surface area contributed by atoms with E-state index in [0.717, 1.165) is 11.3 Å². The van der Waals surface area contributed by atoms with Gasteiger partial charge >= 0.3 is 0 Å². The molecule has 8 nitrogen and oxygen atoms in total. The minimum atomic E-state index is -0.159. The lowest BCUT2D eigenvalue weighted by Crippen LogP contribution is -2.50. The first-order chi connectivity index (χ1) is 13.4. The molecular formula is C20H25N5O3. The predicted molar refractivity (Wildman–Crippen MR) is 106 cm³/mol. The molecule has 3 rings (SSSR count). The van der Waals surface area contributed by atoms with Crippen molar-refractivity contribution in [2.45, 2.75) is 20.8 Å². The fourth-order valence-electron chi connectivity index (χ4n) is 3.16. The van der Waals surface area contributed by atoms with Crippen LogP contribution in [0.2, 0.25) is 0 Å². The van der Waals surface area contributed by atoms with Gasteiger partial charge in [-0.2, -0.15) is 0 Å². The van der Waals surface area contributed by atoms with Crippen LogP contribution in [-0.2, 0) is 4.79 Å². The summed E-state index contributed by atoms with van der Waals surface area (Å²) in [5, 5.41) is 3.15. The lowest BCUT2D eigenvalue weighted by atomic mass is 10.2. The number of piperazine rings is 1. The first-order valence-corrected chi connectivity index (χ1v) is 9.19. The first-order valence-electron chi connectivity index (χ1n) is 9.19.